The number of carbonyl (C=O) groups is 2. The van der Waals surface area contributed by atoms with Gasteiger partial charge in [0, 0.05) is 17.7 Å². The Morgan fingerprint density at radius 2 is 1.92 bits per heavy atom. The summed E-state index contributed by atoms with van der Waals surface area (Å²) in [5, 5.41) is 2.59. The summed E-state index contributed by atoms with van der Waals surface area (Å²) in [5.41, 5.74) is 1.25. The van der Waals surface area contributed by atoms with Crippen molar-refractivity contribution >= 4 is 11.8 Å². The molecule has 5 nitrogen and oxygen atoms in total. The molecule has 2 aromatic rings. The van der Waals surface area contributed by atoms with E-state index in [1.807, 2.05) is 31.2 Å². The van der Waals surface area contributed by atoms with Crippen LogP contribution in [0.1, 0.15) is 22.8 Å². The summed E-state index contributed by atoms with van der Waals surface area (Å²) in [6, 6.07) is 12.7. The topological polar surface area (TPSA) is 58.6 Å². The lowest BCUT2D eigenvalue weighted by Crippen LogP contribution is -2.45. The zero-order valence-electron chi connectivity index (χ0n) is 13.9. The third-order valence-electron chi connectivity index (χ3n) is 4.15. The molecule has 1 atom stereocenters. The van der Waals surface area contributed by atoms with Gasteiger partial charge < -0.3 is 15.0 Å². The maximum Gasteiger partial charge on any atom is 0.251 e. The number of halogens is 1. The van der Waals surface area contributed by atoms with Gasteiger partial charge in [-0.2, -0.15) is 0 Å². The molecule has 2 aromatic carbocycles. The van der Waals surface area contributed by atoms with E-state index in [1.165, 1.54) is 24.3 Å². The zero-order valence-corrected chi connectivity index (χ0v) is 13.9. The van der Waals surface area contributed by atoms with Crippen LogP contribution in [0.5, 0.6) is 5.75 Å². The van der Waals surface area contributed by atoms with Gasteiger partial charge in [0.25, 0.3) is 5.91 Å². The summed E-state index contributed by atoms with van der Waals surface area (Å²) in [6.45, 7) is 2.62. The van der Waals surface area contributed by atoms with Crippen molar-refractivity contribution in [3.05, 3.63) is 65.5 Å². The first kappa shape index (κ1) is 17.0. The number of fused-ring (bicyclic) bond motifs is 1. The molecule has 1 aliphatic heterocycles. The van der Waals surface area contributed by atoms with E-state index in [-0.39, 0.29) is 18.5 Å². The van der Waals surface area contributed by atoms with E-state index in [1.54, 1.807) is 4.90 Å². The van der Waals surface area contributed by atoms with Crippen molar-refractivity contribution < 1.29 is 18.7 Å². The van der Waals surface area contributed by atoms with E-state index in [2.05, 4.69) is 5.32 Å². The average molecular weight is 342 g/mol. The maximum absolute atomic E-state index is 12.9. The van der Waals surface area contributed by atoms with E-state index in [4.69, 9.17) is 4.74 Å². The first-order valence-electron chi connectivity index (χ1n) is 8.08. The Labute approximate surface area is 145 Å². The Morgan fingerprint density at radius 3 is 2.68 bits per heavy atom. The summed E-state index contributed by atoms with van der Waals surface area (Å²) in [5.74, 6) is -0.236. The fraction of sp³-hybridized carbons (Fsp3) is 0.263. The molecule has 1 heterocycles. The molecule has 2 amide bonds. The van der Waals surface area contributed by atoms with Gasteiger partial charge in [-0.15, -0.1) is 0 Å². The number of rotatable bonds is 3. The lowest BCUT2D eigenvalue weighted by atomic mass is 10.1. The normalized spacial score (nSPS) is 16.4. The molecule has 0 spiro atoms. The number of hydrogen-bond donors (Lipinski definition) is 1. The largest absolute Gasteiger partial charge is 0.491 e. The third kappa shape index (κ3) is 3.96. The number of amides is 2. The summed E-state index contributed by atoms with van der Waals surface area (Å²) < 4.78 is 18.6. The van der Waals surface area contributed by atoms with E-state index < -0.39 is 11.7 Å². The lowest BCUT2D eigenvalue weighted by molar-refractivity contribution is -0.133. The Hall–Kier alpha value is -2.89. The predicted molar refractivity (Wildman–Crippen MR) is 90.7 cm³/mol. The number of nitrogens with one attached hydrogen (secondary N) is 1. The molecule has 0 saturated carbocycles. The van der Waals surface area contributed by atoms with Crippen molar-refractivity contribution in [2.45, 2.75) is 19.5 Å². The predicted octanol–water partition coefficient (Wildman–Crippen LogP) is 2.37. The van der Waals surface area contributed by atoms with Crippen molar-refractivity contribution in [1.82, 2.24) is 10.2 Å². The summed E-state index contributed by atoms with van der Waals surface area (Å²) in [6.07, 6.45) is 0. The number of nitrogens with zero attached hydrogens (tertiary/aromatic N) is 1. The van der Waals surface area contributed by atoms with Crippen LogP contribution >= 0.6 is 0 Å². The quantitative estimate of drug-likeness (QED) is 0.932. The molecular weight excluding hydrogens is 323 g/mol. The van der Waals surface area contributed by atoms with Gasteiger partial charge in [0.2, 0.25) is 5.91 Å². The summed E-state index contributed by atoms with van der Waals surface area (Å²) in [7, 11) is 0. The molecule has 0 aromatic heterocycles. The molecule has 0 bridgehead atoms. The van der Waals surface area contributed by atoms with Crippen LogP contribution in [0.15, 0.2) is 48.5 Å². The van der Waals surface area contributed by atoms with Gasteiger partial charge in [0.1, 0.15) is 18.2 Å². The summed E-state index contributed by atoms with van der Waals surface area (Å²) >= 11 is 0. The van der Waals surface area contributed by atoms with Crippen LogP contribution in [0, 0.1) is 5.82 Å². The van der Waals surface area contributed by atoms with Gasteiger partial charge >= 0.3 is 0 Å². The minimum Gasteiger partial charge on any atom is -0.491 e. The van der Waals surface area contributed by atoms with Crippen LogP contribution in [0.3, 0.4) is 0 Å². The van der Waals surface area contributed by atoms with Gasteiger partial charge in [-0.1, -0.05) is 18.2 Å². The van der Waals surface area contributed by atoms with Gasteiger partial charge in [-0.3, -0.25) is 9.59 Å². The number of hydrogen-bond acceptors (Lipinski definition) is 3. The standard InChI is InChI=1S/C19H19FN2O3/c1-13-12-25-17-5-3-2-4-15(17)11-22(13)18(23)10-21-19(24)14-6-8-16(20)9-7-14/h2-9,13H,10-12H2,1H3,(H,21,24). The van der Waals surface area contributed by atoms with E-state index in [9.17, 15) is 14.0 Å². The smallest absolute Gasteiger partial charge is 0.251 e. The fourth-order valence-electron chi connectivity index (χ4n) is 2.71. The monoisotopic (exact) mass is 342 g/mol. The molecule has 6 heteroatoms. The van der Waals surface area contributed by atoms with E-state index in [0.717, 1.165) is 11.3 Å². The third-order valence-corrected chi connectivity index (χ3v) is 4.15. The first-order valence-corrected chi connectivity index (χ1v) is 8.08. The fourth-order valence-corrected chi connectivity index (χ4v) is 2.71. The number of benzene rings is 2. The number of ether oxygens (including phenoxy) is 1. The number of para-hydroxylation sites is 1. The molecule has 0 fully saturated rings. The van der Waals surface area contributed by atoms with Gasteiger partial charge in [-0.25, -0.2) is 4.39 Å². The van der Waals surface area contributed by atoms with E-state index in [0.29, 0.717) is 18.7 Å². The van der Waals surface area contributed by atoms with Gasteiger partial charge in [-0.05, 0) is 37.3 Å². The second kappa shape index (κ2) is 7.34. The van der Waals surface area contributed by atoms with Crippen molar-refractivity contribution in [3.8, 4) is 5.75 Å². The van der Waals surface area contributed by atoms with Crippen molar-refractivity contribution in [2.24, 2.45) is 0 Å². The Balaban J connectivity index is 1.64. The highest BCUT2D eigenvalue weighted by Gasteiger charge is 2.25. The minimum atomic E-state index is -0.412. The van der Waals surface area contributed by atoms with Gasteiger partial charge in [0.05, 0.1) is 12.6 Å². The van der Waals surface area contributed by atoms with Crippen LogP contribution < -0.4 is 10.1 Å². The highest BCUT2D eigenvalue weighted by molar-refractivity contribution is 5.96. The van der Waals surface area contributed by atoms with Crippen LogP contribution in [0.25, 0.3) is 0 Å². The molecule has 130 valence electrons. The highest BCUT2D eigenvalue weighted by Crippen LogP contribution is 2.24. The molecule has 1 aliphatic rings. The Bertz CT molecular complexity index is 776. The van der Waals surface area contributed by atoms with Crippen LogP contribution in [-0.2, 0) is 11.3 Å². The first-order chi connectivity index (χ1) is 12.0. The minimum absolute atomic E-state index is 0.109. The van der Waals surface area contributed by atoms with Crippen LogP contribution in [0.4, 0.5) is 4.39 Å². The lowest BCUT2D eigenvalue weighted by Gasteiger charge is -2.26. The van der Waals surface area contributed by atoms with Gasteiger partial charge in [0.15, 0.2) is 0 Å². The van der Waals surface area contributed by atoms with Crippen LogP contribution in [0.2, 0.25) is 0 Å². The highest BCUT2D eigenvalue weighted by atomic mass is 19.1. The Kier molecular flexibility index (Phi) is 4.97. The molecule has 0 saturated heterocycles. The molecule has 25 heavy (non-hydrogen) atoms. The SMILES string of the molecule is CC1COc2ccccc2CN1C(=O)CNC(=O)c1ccc(F)cc1. The van der Waals surface area contributed by atoms with Crippen molar-refractivity contribution in [1.29, 1.82) is 0 Å². The van der Waals surface area contributed by atoms with Crippen molar-refractivity contribution in [3.63, 3.8) is 0 Å². The zero-order chi connectivity index (χ0) is 17.8. The molecule has 0 radical (unpaired) electrons. The van der Waals surface area contributed by atoms with Crippen molar-refractivity contribution in [2.75, 3.05) is 13.2 Å². The number of carbonyl (C=O) groups excluding carboxylic acids is 2. The molecule has 3 rings (SSSR count). The molecule has 1 unspecified atom stereocenters. The molecular formula is C19H19FN2O3. The van der Waals surface area contributed by atoms with Crippen LogP contribution in [-0.4, -0.2) is 35.9 Å². The summed E-state index contributed by atoms with van der Waals surface area (Å²) in [4.78, 5) is 26.3. The second-order valence-electron chi connectivity index (χ2n) is 5.98. The molecule has 0 aliphatic carbocycles. The van der Waals surface area contributed by atoms with E-state index >= 15 is 0 Å². The molecule has 1 N–H and O–H groups in total. The Morgan fingerprint density at radius 1 is 1.20 bits per heavy atom. The maximum atomic E-state index is 12.9. The average Bonchev–Trinajstić information content (AvgIpc) is 2.79. The second-order valence-corrected chi connectivity index (χ2v) is 5.98.